The van der Waals surface area contributed by atoms with Crippen LogP contribution >= 0.6 is 0 Å². The minimum absolute atomic E-state index is 0.0421. The van der Waals surface area contributed by atoms with Gasteiger partial charge >= 0.3 is 6.30 Å². The second-order valence-electron chi connectivity index (χ2n) is 4.91. The van der Waals surface area contributed by atoms with Crippen molar-refractivity contribution in [1.82, 2.24) is 4.98 Å². The zero-order chi connectivity index (χ0) is 15.5. The van der Waals surface area contributed by atoms with Crippen molar-refractivity contribution in [2.45, 2.75) is 26.2 Å². The molecule has 0 unspecified atom stereocenters. The molecule has 1 heterocycles. The van der Waals surface area contributed by atoms with Crippen molar-refractivity contribution < 1.29 is 13.2 Å². The van der Waals surface area contributed by atoms with Crippen LogP contribution in [-0.2, 0) is 0 Å². The van der Waals surface area contributed by atoms with E-state index < -0.39 is 6.30 Å². The van der Waals surface area contributed by atoms with Crippen LogP contribution in [-0.4, -0.2) is 17.3 Å². The fourth-order valence-corrected chi connectivity index (χ4v) is 1.89. The smallest absolute Gasteiger partial charge is 0.368 e. The van der Waals surface area contributed by atoms with Crippen LogP contribution in [0.3, 0.4) is 0 Å². The van der Waals surface area contributed by atoms with Crippen molar-refractivity contribution >= 4 is 11.5 Å². The van der Waals surface area contributed by atoms with Crippen molar-refractivity contribution in [3.05, 3.63) is 42.5 Å². The number of hydrogen-bond donors (Lipinski definition) is 2. The summed E-state index contributed by atoms with van der Waals surface area (Å²) in [6.07, 6.45) is -4.48. The Kier molecular flexibility index (Phi) is 4.35. The number of anilines is 2. The van der Waals surface area contributed by atoms with Crippen molar-refractivity contribution in [2.24, 2.45) is 0 Å². The first-order chi connectivity index (χ1) is 9.83. The number of rotatable bonds is 4. The third-order valence-electron chi connectivity index (χ3n) is 2.62. The molecule has 0 fully saturated rings. The van der Waals surface area contributed by atoms with Gasteiger partial charge in [0.1, 0.15) is 5.82 Å². The molecule has 0 atom stereocenters. The van der Waals surface area contributed by atoms with Gasteiger partial charge in [0.15, 0.2) is 0 Å². The van der Waals surface area contributed by atoms with Crippen molar-refractivity contribution in [3.63, 3.8) is 0 Å². The van der Waals surface area contributed by atoms with Crippen molar-refractivity contribution in [1.29, 1.82) is 0 Å². The summed E-state index contributed by atoms with van der Waals surface area (Å²) in [6.45, 7) is 3.79. The molecule has 0 spiro atoms. The van der Waals surface area contributed by atoms with Gasteiger partial charge in [-0.1, -0.05) is 30.3 Å². The predicted molar refractivity (Wildman–Crippen MR) is 78.1 cm³/mol. The first-order valence-electron chi connectivity index (χ1n) is 6.52. The summed E-state index contributed by atoms with van der Waals surface area (Å²) in [5.41, 5.74) is 1.20. The van der Waals surface area contributed by atoms with Crippen molar-refractivity contribution in [2.75, 3.05) is 10.6 Å². The van der Waals surface area contributed by atoms with Crippen LogP contribution in [0.2, 0.25) is 0 Å². The van der Waals surface area contributed by atoms with Crippen molar-refractivity contribution in [3.8, 4) is 11.3 Å². The van der Waals surface area contributed by atoms with Gasteiger partial charge < -0.3 is 5.32 Å². The van der Waals surface area contributed by atoms with E-state index in [1.54, 1.807) is 12.1 Å². The molecule has 0 saturated heterocycles. The molecule has 0 saturated carbocycles. The van der Waals surface area contributed by atoms with Crippen LogP contribution in [0.5, 0.6) is 0 Å². The average Bonchev–Trinajstić information content (AvgIpc) is 2.36. The maximum atomic E-state index is 12.5. The Labute approximate surface area is 121 Å². The highest BCUT2D eigenvalue weighted by atomic mass is 19.4. The number of nitrogens with one attached hydrogen (secondary N) is 2. The van der Waals surface area contributed by atoms with Gasteiger partial charge in [0, 0.05) is 23.4 Å². The third kappa shape index (κ3) is 4.66. The maximum Gasteiger partial charge on any atom is 0.482 e. The van der Waals surface area contributed by atoms with Gasteiger partial charge in [-0.05, 0) is 19.9 Å². The van der Waals surface area contributed by atoms with E-state index in [1.807, 2.05) is 32.0 Å². The van der Waals surface area contributed by atoms with E-state index in [0.29, 0.717) is 11.5 Å². The minimum Gasteiger partial charge on any atom is -0.368 e. The second-order valence-corrected chi connectivity index (χ2v) is 4.91. The van der Waals surface area contributed by atoms with Crippen LogP contribution in [0, 0.1) is 0 Å². The SMILES string of the molecule is CC(C)Nc1cc(NC(F)(F)F)cc(-c2ccccc2)n1. The Bertz CT molecular complexity index is 595. The number of alkyl halides is 3. The zero-order valence-electron chi connectivity index (χ0n) is 11.7. The van der Waals surface area contributed by atoms with E-state index in [-0.39, 0.29) is 11.7 Å². The Morgan fingerprint density at radius 3 is 2.29 bits per heavy atom. The number of aromatic nitrogens is 1. The largest absolute Gasteiger partial charge is 0.482 e. The number of halogens is 3. The average molecular weight is 295 g/mol. The van der Waals surface area contributed by atoms with E-state index in [9.17, 15) is 13.2 Å². The Balaban J connectivity index is 2.42. The molecule has 0 aliphatic heterocycles. The molecular formula is C15H16F3N3. The summed E-state index contributed by atoms with van der Waals surface area (Å²) in [4.78, 5) is 4.36. The molecule has 21 heavy (non-hydrogen) atoms. The van der Waals surface area contributed by atoms with E-state index in [0.717, 1.165) is 5.56 Å². The lowest BCUT2D eigenvalue weighted by Crippen LogP contribution is -2.21. The lowest BCUT2D eigenvalue weighted by molar-refractivity contribution is -0.0999. The monoisotopic (exact) mass is 295 g/mol. The molecule has 6 heteroatoms. The molecule has 0 radical (unpaired) electrons. The van der Waals surface area contributed by atoms with Gasteiger partial charge in [-0.15, -0.1) is 0 Å². The molecule has 0 bridgehead atoms. The lowest BCUT2D eigenvalue weighted by atomic mass is 10.1. The number of nitrogens with zero attached hydrogens (tertiary/aromatic N) is 1. The molecule has 0 amide bonds. The van der Waals surface area contributed by atoms with Gasteiger partial charge in [-0.3, -0.25) is 5.32 Å². The molecule has 0 aliphatic rings. The number of pyridine rings is 1. The van der Waals surface area contributed by atoms with Crippen LogP contribution in [0.25, 0.3) is 11.3 Å². The van der Waals surface area contributed by atoms with Crippen LogP contribution < -0.4 is 10.6 Å². The van der Waals surface area contributed by atoms with E-state index >= 15 is 0 Å². The molecule has 1 aromatic heterocycles. The van der Waals surface area contributed by atoms with Gasteiger partial charge in [0.25, 0.3) is 0 Å². The summed E-state index contributed by atoms with van der Waals surface area (Å²) in [5.74, 6) is 0.401. The third-order valence-corrected chi connectivity index (χ3v) is 2.62. The molecule has 2 aromatic rings. The van der Waals surface area contributed by atoms with Gasteiger partial charge in [-0.25, -0.2) is 4.98 Å². The summed E-state index contributed by atoms with van der Waals surface area (Å²) in [7, 11) is 0. The quantitative estimate of drug-likeness (QED) is 0.815. The topological polar surface area (TPSA) is 37.0 Å². The van der Waals surface area contributed by atoms with Gasteiger partial charge in [-0.2, -0.15) is 13.2 Å². The standard InChI is InChI=1S/C15H16F3N3/c1-10(2)19-14-9-12(21-15(16,17)18)8-13(20-14)11-6-4-3-5-7-11/h3-10H,1-2H3,(H2,19,20,21). The zero-order valence-corrected chi connectivity index (χ0v) is 11.7. The molecule has 2 N–H and O–H groups in total. The Morgan fingerprint density at radius 1 is 1.05 bits per heavy atom. The first kappa shape index (κ1) is 15.2. The predicted octanol–water partition coefficient (Wildman–Crippen LogP) is 4.50. The molecule has 1 aromatic carbocycles. The second kappa shape index (κ2) is 6.03. The van der Waals surface area contributed by atoms with Gasteiger partial charge in [0.2, 0.25) is 0 Å². The Hall–Kier alpha value is -2.24. The van der Waals surface area contributed by atoms with Crippen LogP contribution in [0.1, 0.15) is 13.8 Å². The number of hydrogen-bond acceptors (Lipinski definition) is 3. The fraction of sp³-hybridized carbons (Fsp3) is 0.267. The van der Waals surface area contributed by atoms with Crippen LogP contribution in [0.15, 0.2) is 42.5 Å². The van der Waals surface area contributed by atoms with E-state index in [1.165, 1.54) is 17.4 Å². The summed E-state index contributed by atoms with van der Waals surface area (Å²) >= 11 is 0. The molecule has 3 nitrogen and oxygen atoms in total. The lowest BCUT2D eigenvalue weighted by Gasteiger charge is -2.15. The fourth-order valence-electron chi connectivity index (χ4n) is 1.89. The highest BCUT2D eigenvalue weighted by molar-refractivity contribution is 5.68. The van der Waals surface area contributed by atoms with E-state index in [4.69, 9.17) is 0 Å². The van der Waals surface area contributed by atoms with Crippen LogP contribution in [0.4, 0.5) is 24.7 Å². The molecule has 2 rings (SSSR count). The van der Waals surface area contributed by atoms with Gasteiger partial charge in [0.05, 0.1) is 5.69 Å². The summed E-state index contributed by atoms with van der Waals surface area (Å²) < 4.78 is 37.6. The first-order valence-corrected chi connectivity index (χ1v) is 6.52. The minimum atomic E-state index is -4.48. The molecule has 112 valence electrons. The number of benzene rings is 1. The maximum absolute atomic E-state index is 12.5. The molecular weight excluding hydrogens is 279 g/mol. The highest BCUT2D eigenvalue weighted by Gasteiger charge is 2.27. The normalized spacial score (nSPS) is 11.5. The Morgan fingerprint density at radius 2 is 1.71 bits per heavy atom. The summed E-state index contributed by atoms with van der Waals surface area (Å²) in [5, 5.41) is 4.55. The summed E-state index contributed by atoms with van der Waals surface area (Å²) in [6, 6.07) is 11.9. The molecule has 0 aliphatic carbocycles. The highest BCUT2D eigenvalue weighted by Crippen LogP contribution is 2.27. The van der Waals surface area contributed by atoms with E-state index in [2.05, 4.69) is 10.3 Å².